The molecule has 14 heavy (non-hydrogen) atoms. The van der Waals surface area contributed by atoms with E-state index in [0.717, 1.165) is 16.7 Å². The molecule has 2 fully saturated rings. The zero-order valence-electron chi connectivity index (χ0n) is 9.21. The van der Waals surface area contributed by atoms with E-state index in [4.69, 9.17) is 0 Å². The third-order valence-corrected chi connectivity index (χ3v) is 4.99. The van der Waals surface area contributed by atoms with Crippen molar-refractivity contribution in [3.8, 4) is 0 Å². The number of alkyl halides is 1. The van der Waals surface area contributed by atoms with Gasteiger partial charge in [0.1, 0.15) is 0 Å². The van der Waals surface area contributed by atoms with Gasteiger partial charge in [-0.15, -0.1) is 0 Å². The van der Waals surface area contributed by atoms with Crippen LogP contribution in [-0.4, -0.2) is 29.4 Å². The van der Waals surface area contributed by atoms with Crippen molar-refractivity contribution in [2.24, 2.45) is 11.8 Å². The fourth-order valence-electron chi connectivity index (χ4n) is 3.01. The number of halogens is 1. The fraction of sp³-hybridized carbons (Fsp3) is 1.00. The zero-order chi connectivity index (χ0) is 9.97. The Morgan fingerprint density at radius 1 is 1.21 bits per heavy atom. The highest BCUT2D eigenvalue weighted by atomic mass is 79.9. The Morgan fingerprint density at radius 2 is 1.93 bits per heavy atom. The van der Waals surface area contributed by atoms with Gasteiger partial charge in [0.2, 0.25) is 0 Å². The van der Waals surface area contributed by atoms with Crippen LogP contribution in [0.25, 0.3) is 0 Å². The van der Waals surface area contributed by atoms with Crippen LogP contribution in [0.5, 0.6) is 0 Å². The number of rotatable bonds is 3. The summed E-state index contributed by atoms with van der Waals surface area (Å²) < 4.78 is 0. The highest BCUT2D eigenvalue weighted by Gasteiger charge is 2.31. The SMILES string of the molecule is CCC1CN(CC2CCCC2)CC1Br. The Balaban J connectivity index is 1.77. The first-order valence-electron chi connectivity index (χ1n) is 6.16. The van der Waals surface area contributed by atoms with Crippen LogP contribution >= 0.6 is 15.9 Å². The average Bonchev–Trinajstić information content (AvgIpc) is 2.76. The lowest BCUT2D eigenvalue weighted by Crippen LogP contribution is -2.26. The molecule has 1 saturated heterocycles. The van der Waals surface area contributed by atoms with E-state index in [-0.39, 0.29) is 0 Å². The van der Waals surface area contributed by atoms with E-state index >= 15 is 0 Å². The van der Waals surface area contributed by atoms with Crippen LogP contribution < -0.4 is 0 Å². The van der Waals surface area contributed by atoms with Gasteiger partial charge in [-0.05, 0) is 24.7 Å². The molecule has 2 unspecified atom stereocenters. The van der Waals surface area contributed by atoms with E-state index in [9.17, 15) is 0 Å². The molecule has 1 aliphatic heterocycles. The molecule has 1 nitrogen and oxygen atoms in total. The van der Waals surface area contributed by atoms with Gasteiger partial charge >= 0.3 is 0 Å². The van der Waals surface area contributed by atoms with Crippen LogP contribution in [0.3, 0.4) is 0 Å². The summed E-state index contributed by atoms with van der Waals surface area (Å²) in [5.74, 6) is 1.92. The number of hydrogen-bond acceptors (Lipinski definition) is 1. The topological polar surface area (TPSA) is 3.24 Å². The first kappa shape index (κ1) is 10.9. The molecule has 0 spiro atoms. The fourth-order valence-corrected chi connectivity index (χ4v) is 3.96. The van der Waals surface area contributed by atoms with Crippen LogP contribution in [0.1, 0.15) is 39.0 Å². The van der Waals surface area contributed by atoms with E-state index in [1.54, 1.807) is 0 Å². The minimum Gasteiger partial charge on any atom is -0.302 e. The molecule has 2 heteroatoms. The van der Waals surface area contributed by atoms with Crippen molar-refractivity contribution in [3.63, 3.8) is 0 Å². The summed E-state index contributed by atoms with van der Waals surface area (Å²) in [6.45, 7) is 6.31. The molecule has 0 bridgehead atoms. The lowest BCUT2D eigenvalue weighted by atomic mass is 10.1. The second-order valence-electron chi connectivity index (χ2n) is 5.05. The van der Waals surface area contributed by atoms with E-state index in [1.807, 2.05) is 0 Å². The van der Waals surface area contributed by atoms with E-state index < -0.39 is 0 Å². The molecular formula is C12H22BrN. The standard InChI is InChI=1S/C12H22BrN/c1-2-11-8-14(9-12(11)13)7-10-5-3-4-6-10/h10-12H,2-9H2,1H3. The van der Waals surface area contributed by atoms with Gasteiger partial charge in [-0.2, -0.15) is 0 Å². The quantitative estimate of drug-likeness (QED) is 0.704. The Labute approximate surface area is 96.4 Å². The molecule has 1 heterocycles. The Kier molecular flexibility index (Phi) is 3.89. The molecule has 0 radical (unpaired) electrons. The zero-order valence-corrected chi connectivity index (χ0v) is 10.8. The predicted molar refractivity (Wildman–Crippen MR) is 64.9 cm³/mol. The highest BCUT2D eigenvalue weighted by molar-refractivity contribution is 9.09. The maximum Gasteiger partial charge on any atom is 0.0313 e. The van der Waals surface area contributed by atoms with Gasteiger partial charge in [-0.1, -0.05) is 42.1 Å². The third kappa shape index (κ3) is 2.52. The first-order chi connectivity index (χ1) is 6.79. The van der Waals surface area contributed by atoms with Gasteiger partial charge in [0.25, 0.3) is 0 Å². The van der Waals surface area contributed by atoms with Crippen molar-refractivity contribution >= 4 is 15.9 Å². The summed E-state index contributed by atoms with van der Waals surface area (Å²) in [7, 11) is 0. The van der Waals surface area contributed by atoms with Gasteiger partial charge in [0.15, 0.2) is 0 Å². The lowest BCUT2D eigenvalue weighted by Gasteiger charge is -2.19. The smallest absolute Gasteiger partial charge is 0.0313 e. The number of hydrogen-bond donors (Lipinski definition) is 0. The number of nitrogens with zero attached hydrogens (tertiary/aromatic N) is 1. The average molecular weight is 260 g/mol. The maximum atomic E-state index is 3.81. The van der Waals surface area contributed by atoms with Gasteiger partial charge in [-0.25, -0.2) is 0 Å². The Hall–Kier alpha value is 0.440. The molecule has 0 aromatic rings. The molecular weight excluding hydrogens is 238 g/mol. The third-order valence-electron chi connectivity index (χ3n) is 3.95. The van der Waals surface area contributed by atoms with Crippen LogP contribution in [0.15, 0.2) is 0 Å². The highest BCUT2D eigenvalue weighted by Crippen LogP contribution is 2.30. The normalized spacial score (nSPS) is 35.6. The second kappa shape index (κ2) is 4.98. The molecule has 82 valence electrons. The minimum absolute atomic E-state index is 0.758. The van der Waals surface area contributed by atoms with Crippen LogP contribution in [0, 0.1) is 11.8 Å². The molecule has 2 aliphatic rings. The van der Waals surface area contributed by atoms with Crippen molar-refractivity contribution < 1.29 is 0 Å². The van der Waals surface area contributed by atoms with Gasteiger partial charge in [0.05, 0.1) is 0 Å². The predicted octanol–water partition coefficient (Wildman–Crippen LogP) is 3.28. The van der Waals surface area contributed by atoms with Crippen molar-refractivity contribution in [1.82, 2.24) is 4.90 Å². The summed E-state index contributed by atoms with van der Waals surface area (Å²) in [4.78, 5) is 3.44. The van der Waals surface area contributed by atoms with Gasteiger partial charge < -0.3 is 4.90 Å². The van der Waals surface area contributed by atoms with Crippen molar-refractivity contribution in [2.75, 3.05) is 19.6 Å². The molecule has 0 aromatic carbocycles. The molecule has 1 aliphatic carbocycles. The van der Waals surface area contributed by atoms with Gasteiger partial charge in [0, 0.05) is 24.5 Å². The largest absolute Gasteiger partial charge is 0.302 e. The minimum atomic E-state index is 0.758. The van der Waals surface area contributed by atoms with Crippen molar-refractivity contribution in [3.05, 3.63) is 0 Å². The molecule has 0 aromatic heterocycles. The van der Waals surface area contributed by atoms with E-state index in [0.29, 0.717) is 0 Å². The van der Waals surface area contributed by atoms with Crippen LogP contribution in [-0.2, 0) is 0 Å². The summed E-state index contributed by atoms with van der Waals surface area (Å²) in [5, 5.41) is 0. The lowest BCUT2D eigenvalue weighted by molar-refractivity contribution is 0.270. The number of likely N-dealkylation sites (tertiary alicyclic amines) is 1. The molecule has 2 atom stereocenters. The first-order valence-corrected chi connectivity index (χ1v) is 7.07. The van der Waals surface area contributed by atoms with Crippen molar-refractivity contribution in [2.45, 2.75) is 43.9 Å². The van der Waals surface area contributed by atoms with E-state index in [1.165, 1.54) is 51.7 Å². The molecule has 2 rings (SSSR count). The van der Waals surface area contributed by atoms with E-state index in [2.05, 4.69) is 27.8 Å². The second-order valence-corrected chi connectivity index (χ2v) is 6.23. The van der Waals surface area contributed by atoms with Gasteiger partial charge in [-0.3, -0.25) is 0 Å². The molecule has 1 saturated carbocycles. The summed E-state index contributed by atoms with van der Waals surface area (Å²) >= 11 is 3.81. The summed E-state index contributed by atoms with van der Waals surface area (Å²) in [5.41, 5.74) is 0. The van der Waals surface area contributed by atoms with Crippen molar-refractivity contribution in [1.29, 1.82) is 0 Å². The monoisotopic (exact) mass is 259 g/mol. The van der Waals surface area contributed by atoms with Crippen LogP contribution in [0.4, 0.5) is 0 Å². The van der Waals surface area contributed by atoms with Crippen LogP contribution in [0.2, 0.25) is 0 Å². The molecule has 0 amide bonds. The Bertz CT molecular complexity index is 177. The molecule has 0 N–H and O–H groups in total. The summed E-state index contributed by atoms with van der Waals surface area (Å²) in [6.07, 6.45) is 7.26. The maximum absolute atomic E-state index is 3.81. The summed E-state index contributed by atoms with van der Waals surface area (Å²) in [6, 6.07) is 0. The Morgan fingerprint density at radius 3 is 2.50 bits per heavy atom.